The Morgan fingerprint density at radius 2 is 1.81 bits per heavy atom. The first-order valence-electron chi connectivity index (χ1n) is 10.8. The number of nitrogens with one attached hydrogen (secondary N) is 1. The molecule has 1 N–H and O–H groups in total. The zero-order valence-electron chi connectivity index (χ0n) is 18.6. The third-order valence-corrected chi connectivity index (χ3v) is 5.41. The average molecular weight is 514 g/mol. The highest BCUT2D eigenvalue weighted by atomic mass is 19.4. The van der Waals surface area contributed by atoms with Gasteiger partial charge in [0.1, 0.15) is 0 Å². The van der Waals surface area contributed by atoms with Crippen LogP contribution in [0.2, 0.25) is 0 Å². The number of rotatable bonds is 6. The summed E-state index contributed by atoms with van der Waals surface area (Å²) < 4.78 is 87.8. The van der Waals surface area contributed by atoms with Crippen LogP contribution in [0.3, 0.4) is 0 Å². The number of anilines is 1. The van der Waals surface area contributed by atoms with Gasteiger partial charge in [0.2, 0.25) is 11.7 Å². The maximum absolute atomic E-state index is 13.3. The summed E-state index contributed by atoms with van der Waals surface area (Å²) in [5.41, 5.74) is -0.0969. The van der Waals surface area contributed by atoms with Crippen LogP contribution in [-0.4, -0.2) is 41.8 Å². The number of carbonyl (C=O) groups excluding carboxylic acids is 1. The highest BCUT2D eigenvalue weighted by Crippen LogP contribution is 2.33. The predicted octanol–water partition coefficient (Wildman–Crippen LogP) is 4.69. The zero-order chi connectivity index (χ0) is 25.9. The second-order valence-electron chi connectivity index (χ2n) is 8.05. The monoisotopic (exact) mass is 514 g/mol. The number of hydrogen-bond donors (Lipinski definition) is 1. The summed E-state index contributed by atoms with van der Waals surface area (Å²) in [6, 6.07) is 10.3. The van der Waals surface area contributed by atoms with Crippen molar-refractivity contribution in [3.63, 3.8) is 0 Å². The highest BCUT2D eigenvalue weighted by molar-refractivity contribution is 5.93. The molecule has 36 heavy (non-hydrogen) atoms. The molecule has 1 aromatic heterocycles. The lowest BCUT2D eigenvalue weighted by Crippen LogP contribution is -2.42. The molecular weight excluding hydrogens is 494 g/mol. The third-order valence-electron chi connectivity index (χ3n) is 5.41. The Morgan fingerprint density at radius 3 is 2.42 bits per heavy atom. The fourth-order valence-electron chi connectivity index (χ4n) is 3.63. The highest BCUT2D eigenvalue weighted by Gasteiger charge is 2.38. The van der Waals surface area contributed by atoms with Crippen molar-refractivity contribution in [3.8, 4) is 11.4 Å². The number of aromatic nitrogens is 2. The summed E-state index contributed by atoms with van der Waals surface area (Å²) in [4.78, 5) is 17.7. The lowest BCUT2D eigenvalue weighted by Gasteiger charge is -2.28. The summed E-state index contributed by atoms with van der Waals surface area (Å²) in [7, 11) is 0. The standard InChI is InChI=1S/C23H20F6N4O3/c24-22(25,26)16-2-1-3-17(10-16)33(19(34)11-18-12-30-8-9-35-18)13-14-4-6-15(7-5-14)20-31-21(36-32-20)23(27,28)29/h1-7,10,18,30H,8-9,11-13H2. The van der Waals surface area contributed by atoms with Crippen LogP contribution < -0.4 is 10.2 Å². The molecule has 0 radical (unpaired) electrons. The lowest BCUT2D eigenvalue weighted by atomic mass is 10.1. The Bertz CT molecular complexity index is 1190. The second-order valence-corrected chi connectivity index (χ2v) is 8.05. The maximum Gasteiger partial charge on any atom is 0.471 e. The van der Waals surface area contributed by atoms with Crippen LogP contribution in [-0.2, 0) is 28.4 Å². The molecule has 192 valence electrons. The fraction of sp³-hybridized carbons (Fsp3) is 0.348. The van der Waals surface area contributed by atoms with E-state index < -0.39 is 35.8 Å². The number of halogens is 6. The first-order chi connectivity index (χ1) is 17.0. The van der Waals surface area contributed by atoms with Crippen molar-refractivity contribution in [2.45, 2.75) is 31.4 Å². The van der Waals surface area contributed by atoms with Gasteiger partial charge in [-0.15, -0.1) is 0 Å². The van der Waals surface area contributed by atoms with Crippen LogP contribution in [0.4, 0.5) is 32.0 Å². The van der Waals surface area contributed by atoms with E-state index in [9.17, 15) is 31.1 Å². The van der Waals surface area contributed by atoms with E-state index in [4.69, 9.17) is 4.74 Å². The Balaban J connectivity index is 1.58. The smallest absolute Gasteiger partial charge is 0.375 e. The lowest BCUT2D eigenvalue weighted by molar-refractivity contribution is -0.159. The van der Waals surface area contributed by atoms with Gasteiger partial charge in [-0.3, -0.25) is 4.79 Å². The van der Waals surface area contributed by atoms with Gasteiger partial charge in [0.25, 0.3) is 0 Å². The van der Waals surface area contributed by atoms with E-state index in [0.717, 1.165) is 12.1 Å². The Labute approximate surface area is 201 Å². The van der Waals surface area contributed by atoms with Crippen molar-refractivity contribution in [1.82, 2.24) is 15.5 Å². The second kappa shape index (κ2) is 10.3. The molecule has 1 saturated heterocycles. The average Bonchev–Trinajstić information content (AvgIpc) is 3.34. The fourth-order valence-corrected chi connectivity index (χ4v) is 3.63. The molecular formula is C23H20F6N4O3. The number of hydrogen-bond acceptors (Lipinski definition) is 6. The molecule has 4 rings (SSSR count). The minimum absolute atomic E-state index is 0.0512. The number of alkyl halides is 6. The van der Waals surface area contributed by atoms with Gasteiger partial charge in [0, 0.05) is 24.3 Å². The van der Waals surface area contributed by atoms with E-state index in [2.05, 4.69) is 20.0 Å². The van der Waals surface area contributed by atoms with Crippen LogP contribution >= 0.6 is 0 Å². The minimum atomic E-state index is -4.78. The van der Waals surface area contributed by atoms with Crippen molar-refractivity contribution in [3.05, 3.63) is 65.5 Å². The maximum atomic E-state index is 13.3. The molecule has 13 heteroatoms. The summed E-state index contributed by atoms with van der Waals surface area (Å²) in [5.74, 6) is -2.20. The van der Waals surface area contributed by atoms with Gasteiger partial charge in [-0.1, -0.05) is 35.5 Å². The SMILES string of the molecule is O=C(CC1CNCCO1)N(Cc1ccc(-c2noc(C(F)(F)F)n2)cc1)c1cccc(C(F)(F)F)c1. The van der Waals surface area contributed by atoms with Gasteiger partial charge in [0.05, 0.1) is 31.2 Å². The summed E-state index contributed by atoms with van der Waals surface area (Å²) in [6.07, 6.45) is -9.86. The molecule has 2 heterocycles. The van der Waals surface area contributed by atoms with Gasteiger partial charge in [-0.2, -0.15) is 31.3 Å². The molecule has 7 nitrogen and oxygen atoms in total. The first-order valence-corrected chi connectivity index (χ1v) is 10.8. The van der Waals surface area contributed by atoms with Crippen molar-refractivity contribution in [1.29, 1.82) is 0 Å². The number of amides is 1. The van der Waals surface area contributed by atoms with E-state index in [1.54, 1.807) is 0 Å². The molecule has 2 aromatic carbocycles. The van der Waals surface area contributed by atoms with Gasteiger partial charge < -0.3 is 19.5 Å². The minimum Gasteiger partial charge on any atom is -0.375 e. The van der Waals surface area contributed by atoms with Crippen LogP contribution in [0.5, 0.6) is 0 Å². The van der Waals surface area contributed by atoms with Crippen molar-refractivity contribution in [2.24, 2.45) is 0 Å². The van der Waals surface area contributed by atoms with Crippen LogP contribution in [0.1, 0.15) is 23.4 Å². The third kappa shape index (κ3) is 6.21. The predicted molar refractivity (Wildman–Crippen MR) is 115 cm³/mol. The number of morpholine rings is 1. The molecule has 0 saturated carbocycles. The van der Waals surface area contributed by atoms with E-state index in [-0.39, 0.29) is 30.0 Å². The largest absolute Gasteiger partial charge is 0.471 e. The molecule has 1 aliphatic rings. The molecule has 3 aromatic rings. The number of ether oxygens (including phenoxy) is 1. The van der Waals surface area contributed by atoms with E-state index in [1.165, 1.54) is 41.3 Å². The molecule has 1 amide bonds. The van der Waals surface area contributed by atoms with Crippen LogP contribution in [0, 0.1) is 0 Å². The van der Waals surface area contributed by atoms with Gasteiger partial charge >= 0.3 is 18.2 Å². The van der Waals surface area contributed by atoms with E-state index >= 15 is 0 Å². The van der Waals surface area contributed by atoms with Gasteiger partial charge in [-0.05, 0) is 23.8 Å². The van der Waals surface area contributed by atoms with Crippen LogP contribution in [0.15, 0.2) is 53.1 Å². The Hall–Kier alpha value is -3.45. The van der Waals surface area contributed by atoms with Crippen molar-refractivity contribution in [2.75, 3.05) is 24.6 Å². The number of benzene rings is 2. The van der Waals surface area contributed by atoms with E-state index in [0.29, 0.717) is 25.3 Å². The topological polar surface area (TPSA) is 80.5 Å². The summed E-state index contributed by atoms with van der Waals surface area (Å²) in [5, 5.41) is 6.42. The zero-order valence-corrected chi connectivity index (χ0v) is 18.6. The summed E-state index contributed by atoms with van der Waals surface area (Å²) >= 11 is 0. The molecule has 1 fully saturated rings. The van der Waals surface area contributed by atoms with Gasteiger partial charge in [0.15, 0.2) is 0 Å². The Kier molecular flexibility index (Phi) is 7.31. The quantitative estimate of drug-likeness (QED) is 0.481. The van der Waals surface area contributed by atoms with Gasteiger partial charge in [-0.25, -0.2) is 0 Å². The molecule has 1 unspecified atom stereocenters. The number of carbonyl (C=O) groups is 1. The molecule has 0 spiro atoms. The number of nitrogens with zero attached hydrogens (tertiary/aromatic N) is 3. The normalized spacial score (nSPS) is 16.7. The van der Waals surface area contributed by atoms with Crippen molar-refractivity contribution < 1.29 is 40.4 Å². The Morgan fingerprint density at radius 1 is 1.06 bits per heavy atom. The molecule has 0 bridgehead atoms. The first kappa shape index (κ1) is 25.6. The van der Waals surface area contributed by atoms with E-state index in [1.807, 2.05) is 0 Å². The van der Waals surface area contributed by atoms with Crippen LogP contribution in [0.25, 0.3) is 11.4 Å². The molecule has 1 atom stereocenters. The molecule has 0 aliphatic carbocycles. The summed E-state index contributed by atoms with van der Waals surface area (Å²) in [6.45, 7) is 1.40. The van der Waals surface area contributed by atoms with Crippen molar-refractivity contribution >= 4 is 11.6 Å². The molecule has 1 aliphatic heterocycles.